The highest BCUT2D eigenvalue weighted by Gasteiger charge is 2.27. The summed E-state index contributed by atoms with van der Waals surface area (Å²) in [6.07, 6.45) is 20.7. The van der Waals surface area contributed by atoms with Crippen molar-refractivity contribution in [2.45, 2.75) is 97.3 Å². The second-order valence-corrected chi connectivity index (χ2v) is 9.98. The van der Waals surface area contributed by atoms with Gasteiger partial charge in [0.2, 0.25) is 0 Å². The first-order chi connectivity index (χ1) is 15.7. The summed E-state index contributed by atoms with van der Waals surface area (Å²) in [5.74, 6) is 9.45. The Labute approximate surface area is 196 Å². The first kappa shape index (κ1) is 24.6. The molecular formula is C30H42O2. The summed E-state index contributed by atoms with van der Waals surface area (Å²) in [7, 11) is 0. The van der Waals surface area contributed by atoms with Gasteiger partial charge in [-0.1, -0.05) is 63.9 Å². The van der Waals surface area contributed by atoms with Crippen molar-refractivity contribution in [3.8, 4) is 17.6 Å². The molecule has 0 radical (unpaired) electrons. The molecule has 174 valence electrons. The molecule has 0 saturated heterocycles. The smallest absolute Gasteiger partial charge is 0.314 e. The van der Waals surface area contributed by atoms with E-state index in [1.807, 2.05) is 30.3 Å². The molecule has 0 N–H and O–H groups in total. The van der Waals surface area contributed by atoms with Gasteiger partial charge in [0.15, 0.2) is 0 Å². The molecule has 2 saturated carbocycles. The van der Waals surface area contributed by atoms with Crippen molar-refractivity contribution in [1.29, 1.82) is 0 Å². The largest absolute Gasteiger partial charge is 0.426 e. The van der Waals surface area contributed by atoms with Crippen molar-refractivity contribution in [2.24, 2.45) is 23.7 Å². The third-order valence-electron chi connectivity index (χ3n) is 7.61. The second kappa shape index (κ2) is 13.5. The maximum Gasteiger partial charge on any atom is 0.314 e. The van der Waals surface area contributed by atoms with E-state index in [1.165, 1.54) is 57.8 Å². The molecule has 0 bridgehead atoms. The van der Waals surface area contributed by atoms with Crippen molar-refractivity contribution in [2.75, 3.05) is 0 Å². The van der Waals surface area contributed by atoms with Crippen LogP contribution in [0.5, 0.6) is 5.75 Å². The van der Waals surface area contributed by atoms with Gasteiger partial charge in [-0.25, -0.2) is 0 Å². The Hall–Kier alpha value is -2.01. The molecule has 2 fully saturated rings. The number of allylic oxidation sites excluding steroid dienone is 2. The van der Waals surface area contributed by atoms with Gasteiger partial charge in [0.05, 0.1) is 5.92 Å². The maximum absolute atomic E-state index is 12.4. The number of rotatable bonds is 8. The van der Waals surface area contributed by atoms with Crippen molar-refractivity contribution in [3.63, 3.8) is 0 Å². The van der Waals surface area contributed by atoms with Crippen LogP contribution in [0.4, 0.5) is 0 Å². The molecule has 0 atom stereocenters. The minimum atomic E-state index is -0.0681. The van der Waals surface area contributed by atoms with Gasteiger partial charge in [0.25, 0.3) is 0 Å². The van der Waals surface area contributed by atoms with Crippen molar-refractivity contribution < 1.29 is 9.53 Å². The average molecular weight is 435 g/mol. The van der Waals surface area contributed by atoms with E-state index < -0.39 is 0 Å². The van der Waals surface area contributed by atoms with Crippen LogP contribution in [-0.4, -0.2) is 5.97 Å². The molecule has 32 heavy (non-hydrogen) atoms. The first-order valence-electron chi connectivity index (χ1n) is 13.2. The van der Waals surface area contributed by atoms with Crippen LogP contribution >= 0.6 is 0 Å². The van der Waals surface area contributed by atoms with Crippen LogP contribution in [0.2, 0.25) is 0 Å². The van der Waals surface area contributed by atoms with E-state index in [2.05, 4.69) is 31.8 Å². The molecular weight excluding hydrogens is 392 g/mol. The summed E-state index contributed by atoms with van der Waals surface area (Å²) in [4.78, 5) is 12.4. The van der Waals surface area contributed by atoms with Crippen LogP contribution in [0.15, 0.2) is 36.4 Å². The van der Waals surface area contributed by atoms with E-state index in [9.17, 15) is 4.79 Å². The van der Waals surface area contributed by atoms with Crippen LogP contribution in [-0.2, 0) is 4.79 Å². The van der Waals surface area contributed by atoms with Crippen LogP contribution in [0.3, 0.4) is 0 Å². The van der Waals surface area contributed by atoms with Crippen molar-refractivity contribution in [3.05, 3.63) is 42.0 Å². The molecule has 3 rings (SSSR count). The molecule has 1 aromatic rings. The summed E-state index contributed by atoms with van der Waals surface area (Å²) in [6.45, 7) is 4.52. The maximum atomic E-state index is 12.4. The van der Waals surface area contributed by atoms with Crippen LogP contribution in [0.1, 0.15) is 103 Å². The normalized spacial score (nSPS) is 25.8. The number of unbranched alkanes of at least 4 members (excludes halogenated alkanes) is 2. The number of ether oxygens (including phenoxy) is 1. The number of carbonyl (C=O) groups excluding carboxylic acids is 1. The quantitative estimate of drug-likeness (QED) is 0.179. The number of hydrogen-bond donors (Lipinski definition) is 0. The van der Waals surface area contributed by atoms with Gasteiger partial charge >= 0.3 is 5.97 Å². The Bertz CT molecular complexity index is 763. The zero-order valence-corrected chi connectivity index (χ0v) is 20.3. The van der Waals surface area contributed by atoms with Gasteiger partial charge in [-0.3, -0.25) is 4.79 Å². The fraction of sp³-hybridized carbons (Fsp3) is 0.633. The van der Waals surface area contributed by atoms with Gasteiger partial charge in [0.1, 0.15) is 5.75 Å². The lowest BCUT2D eigenvalue weighted by Gasteiger charge is -2.26. The van der Waals surface area contributed by atoms with E-state index in [4.69, 9.17) is 4.74 Å². The lowest BCUT2D eigenvalue weighted by molar-refractivity contribution is -0.140. The zero-order valence-electron chi connectivity index (χ0n) is 20.3. The number of carbonyl (C=O) groups is 1. The Morgan fingerprint density at radius 1 is 0.938 bits per heavy atom. The third-order valence-corrected chi connectivity index (χ3v) is 7.61. The zero-order chi connectivity index (χ0) is 22.6. The molecule has 2 aliphatic rings. The molecule has 0 aliphatic heterocycles. The lowest BCUT2D eigenvalue weighted by atomic mass is 9.79. The van der Waals surface area contributed by atoms with E-state index >= 15 is 0 Å². The Morgan fingerprint density at radius 3 is 2.28 bits per heavy atom. The minimum Gasteiger partial charge on any atom is -0.426 e. The monoisotopic (exact) mass is 434 g/mol. The highest BCUT2D eigenvalue weighted by atomic mass is 16.5. The standard InChI is InChI=1S/C30H42O2/c1-3-5-6-9-25-12-14-26(15-13-25)10-7-8-11-27-18-22-29(23-19-27)32-30(31)28-20-16-24(4-2)17-21-28/h7,10,18-19,22-26,28H,3-6,9,12-17,20-21H2,1-2H3/b10-7+. The molecule has 2 aliphatic carbocycles. The first-order valence-corrected chi connectivity index (χ1v) is 13.2. The summed E-state index contributed by atoms with van der Waals surface area (Å²) in [6, 6.07) is 7.62. The molecule has 1 aromatic carbocycles. The molecule has 0 spiro atoms. The molecule has 0 heterocycles. The van der Waals surface area contributed by atoms with E-state index in [0.29, 0.717) is 11.7 Å². The van der Waals surface area contributed by atoms with Gasteiger partial charge in [-0.05, 0) is 99.5 Å². The topological polar surface area (TPSA) is 26.3 Å². The summed E-state index contributed by atoms with van der Waals surface area (Å²) < 4.78 is 5.62. The van der Waals surface area contributed by atoms with Crippen LogP contribution < -0.4 is 4.74 Å². The molecule has 2 heteroatoms. The summed E-state index contributed by atoms with van der Waals surface area (Å²) in [5, 5.41) is 0. The van der Waals surface area contributed by atoms with Crippen LogP contribution in [0.25, 0.3) is 0 Å². The van der Waals surface area contributed by atoms with Gasteiger partial charge in [-0.2, -0.15) is 0 Å². The summed E-state index contributed by atoms with van der Waals surface area (Å²) in [5.41, 5.74) is 0.956. The van der Waals surface area contributed by atoms with E-state index in [-0.39, 0.29) is 11.9 Å². The number of esters is 1. The summed E-state index contributed by atoms with van der Waals surface area (Å²) >= 11 is 0. The Balaban J connectivity index is 1.38. The average Bonchev–Trinajstić information content (AvgIpc) is 2.84. The number of benzene rings is 1. The Morgan fingerprint density at radius 2 is 1.62 bits per heavy atom. The lowest BCUT2D eigenvalue weighted by Crippen LogP contribution is -2.25. The fourth-order valence-corrected chi connectivity index (χ4v) is 5.27. The van der Waals surface area contributed by atoms with Crippen molar-refractivity contribution in [1.82, 2.24) is 0 Å². The van der Waals surface area contributed by atoms with E-state index in [1.54, 1.807) is 0 Å². The second-order valence-electron chi connectivity index (χ2n) is 9.98. The fourth-order valence-electron chi connectivity index (χ4n) is 5.27. The molecule has 0 unspecified atom stereocenters. The molecule has 0 amide bonds. The SMILES string of the molecule is CCCCCC1CCC(/C=C/C#Cc2ccc(OC(=O)C3CCC(CC)CC3)cc2)CC1. The van der Waals surface area contributed by atoms with Crippen LogP contribution in [0, 0.1) is 35.5 Å². The predicted molar refractivity (Wildman–Crippen MR) is 133 cm³/mol. The molecule has 0 aromatic heterocycles. The highest BCUT2D eigenvalue weighted by molar-refractivity contribution is 5.75. The van der Waals surface area contributed by atoms with E-state index in [0.717, 1.165) is 43.1 Å². The Kier molecular flexibility index (Phi) is 10.4. The molecule has 2 nitrogen and oxygen atoms in total. The van der Waals surface area contributed by atoms with Gasteiger partial charge in [-0.15, -0.1) is 0 Å². The van der Waals surface area contributed by atoms with Gasteiger partial charge in [0, 0.05) is 5.56 Å². The number of hydrogen-bond acceptors (Lipinski definition) is 2. The van der Waals surface area contributed by atoms with Gasteiger partial charge < -0.3 is 4.74 Å². The third kappa shape index (κ3) is 8.16. The minimum absolute atomic E-state index is 0.0637. The predicted octanol–water partition coefficient (Wildman–Crippen LogP) is 8.10. The highest BCUT2D eigenvalue weighted by Crippen LogP contribution is 2.33. The van der Waals surface area contributed by atoms with Crippen molar-refractivity contribution >= 4 is 5.97 Å².